The van der Waals surface area contributed by atoms with Crippen molar-refractivity contribution in [2.75, 3.05) is 0 Å². The Morgan fingerprint density at radius 1 is 1.33 bits per heavy atom. The van der Waals surface area contributed by atoms with Gasteiger partial charge in [0.25, 0.3) is 0 Å². The van der Waals surface area contributed by atoms with Gasteiger partial charge in [0.05, 0.1) is 5.69 Å². The summed E-state index contributed by atoms with van der Waals surface area (Å²) in [7, 11) is 1.90. The van der Waals surface area contributed by atoms with Crippen LogP contribution in [-0.2, 0) is 19.9 Å². The number of hydrogen-bond acceptors (Lipinski definition) is 2. The van der Waals surface area contributed by atoms with Gasteiger partial charge in [-0.05, 0) is 31.0 Å². The summed E-state index contributed by atoms with van der Waals surface area (Å²) < 4.78 is 15.3. The normalized spacial score (nSPS) is 12.7. The topological polar surface area (TPSA) is 43.8 Å². The van der Waals surface area contributed by atoms with E-state index >= 15 is 0 Å². The Morgan fingerprint density at radius 3 is 2.67 bits per heavy atom. The summed E-state index contributed by atoms with van der Waals surface area (Å²) in [6.07, 6.45) is 1.24. The molecule has 0 aliphatic carbocycles. The molecule has 1 aromatic heterocycles. The second kappa shape index (κ2) is 5.31. The number of benzene rings is 1. The Labute approximate surface area is 106 Å². The molecule has 1 aromatic carbocycles. The molecule has 1 heterocycles. The van der Waals surface area contributed by atoms with Gasteiger partial charge in [0.15, 0.2) is 0 Å². The summed E-state index contributed by atoms with van der Waals surface area (Å²) in [5, 5.41) is 4.28. The Balaban J connectivity index is 2.03. The molecule has 3 nitrogen and oxygen atoms in total. The minimum Gasteiger partial charge on any atom is -0.327 e. The van der Waals surface area contributed by atoms with Crippen LogP contribution in [-0.4, -0.2) is 15.8 Å². The van der Waals surface area contributed by atoms with Crippen molar-refractivity contribution >= 4 is 0 Å². The lowest BCUT2D eigenvalue weighted by Gasteiger charge is -2.12. The van der Waals surface area contributed by atoms with Crippen molar-refractivity contribution in [1.29, 1.82) is 0 Å². The second-order valence-electron chi connectivity index (χ2n) is 4.66. The number of hydrogen-bond donors (Lipinski definition) is 1. The van der Waals surface area contributed by atoms with Crippen molar-refractivity contribution in [2.45, 2.75) is 25.8 Å². The number of aromatic nitrogens is 2. The molecule has 0 spiro atoms. The Hall–Kier alpha value is -1.68. The van der Waals surface area contributed by atoms with E-state index in [0.717, 1.165) is 11.4 Å². The maximum Gasteiger partial charge on any atom is 0.126 e. The molecule has 0 saturated carbocycles. The van der Waals surface area contributed by atoms with E-state index in [1.54, 1.807) is 12.1 Å². The Bertz CT molecular complexity index is 534. The highest BCUT2D eigenvalue weighted by atomic mass is 19.1. The van der Waals surface area contributed by atoms with Gasteiger partial charge in [0.1, 0.15) is 5.82 Å². The van der Waals surface area contributed by atoms with Gasteiger partial charge in [-0.15, -0.1) is 0 Å². The van der Waals surface area contributed by atoms with E-state index in [2.05, 4.69) is 5.10 Å². The number of halogens is 1. The molecule has 4 heteroatoms. The third-order valence-electron chi connectivity index (χ3n) is 3.01. The predicted molar refractivity (Wildman–Crippen MR) is 69.7 cm³/mol. The van der Waals surface area contributed by atoms with Crippen molar-refractivity contribution in [3.63, 3.8) is 0 Å². The third-order valence-corrected chi connectivity index (χ3v) is 3.01. The fourth-order valence-electron chi connectivity index (χ4n) is 2.14. The van der Waals surface area contributed by atoms with Crippen molar-refractivity contribution in [3.8, 4) is 0 Å². The average Bonchev–Trinajstić information content (AvgIpc) is 2.61. The quantitative estimate of drug-likeness (QED) is 0.897. The maximum absolute atomic E-state index is 13.5. The molecule has 0 aliphatic rings. The number of nitrogens with zero attached hydrogens (tertiary/aromatic N) is 2. The molecule has 0 amide bonds. The summed E-state index contributed by atoms with van der Waals surface area (Å²) in [5.74, 6) is -0.186. The smallest absolute Gasteiger partial charge is 0.126 e. The van der Waals surface area contributed by atoms with Crippen LogP contribution in [0.2, 0.25) is 0 Å². The van der Waals surface area contributed by atoms with E-state index in [1.807, 2.05) is 30.8 Å². The molecule has 0 fully saturated rings. The van der Waals surface area contributed by atoms with Gasteiger partial charge in [0, 0.05) is 25.2 Å². The number of nitrogens with two attached hydrogens (primary N) is 1. The molecule has 96 valence electrons. The number of aryl methyl sites for hydroxylation is 2. The predicted octanol–water partition coefficient (Wildman–Crippen LogP) is 1.98. The van der Waals surface area contributed by atoms with Crippen LogP contribution < -0.4 is 5.73 Å². The molecular weight excluding hydrogens is 229 g/mol. The zero-order chi connectivity index (χ0) is 13.1. The van der Waals surface area contributed by atoms with Crippen molar-refractivity contribution < 1.29 is 4.39 Å². The van der Waals surface area contributed by atoms with Crippen LogP contribution >= 0.6 is 0 Å². The van der Waals surface area contributed by atoms with Gasteiger partial charge in [-0.1, -0.05) is 18.2 Å². The Kier molecular flexibility index (Phi) is 3.77. The van der Waals surface area contributed by atoms with Gasteiger partial charge in [-0.25, -0.2) is 4.39 Å². The molecule has 0 aliphatic heterocycles. The van der Waals surface area contributed by atoms with E-state index in [9.17, 15) is 4.39 Å². The molecule has 1 unspecified atom stereocenters. The fraction of sp³-hybridized carbons (Fsp3) is 0.357. The van der Waals surface area contributed by atoms with Crippen LogP contribution in [0.5, 0.6) is 0 Å². The molecule has 2 N–H and O–H groups in total. The van der Waals surface area contributed by atoms with Gasteiger partial charge in [0.2, 0.25) is 0 Å². The molecule has 0 radical (unpaired) electrons. The molecule has 2 rings (SSSR count). The first-order chi connectivity index (χ1) is 8.56. The van der Waals surface area contributed by atoms with Crippen molar-refractivity contribution in [2.24, 2.45) is 12.8 Å². The first-order valence-electron chi connectivity index (χ1n) is 6.05. The van der Waals surface area contributed by atoms with Crippen molar-refractivity contribution in [1.82, 2.24) is 9.78 Å². The van der Waals surface area contributed by atoms with E-state index in [0.29, 0.717) is 18.4 Å². The van der Waals surface area contributed by atoms with Crippen LogP contribution in [0.3, 0.4) is 0 Å². The highest BCUT2D eigenvalue weighted by Gasteiger charge is 2.11. The van der Waals surface area contributed by atoms with Crippen LogP contribution in [0.15, 0.2) is 30.3 Å². The van der Waals surface area contributed by atoms with Crippen LogP contribution in [0, 0.1) is 12.7 Å². The zero-order valence-corrected chi connectivity index (χ0v) is 10.7. The van der Waals surface area contributed by atoms with E-state index < -0.39 is 0 Å². The molecule has 0 bridgehead atoms. The Morgan fingerprint density at radius 2 is 2.06 bits per heavy atom. The summed E-state index contributed by atoms with van der Waals surface area (Å²) >= 11 is 0. The standard InChI is InChI=1S/C14H18FN3/c1-10-7-13(18(2)17-10)9-12(16)8-11-5-3-4-6-14(11)15/h3-7,12H,8-9,16H2,1-2H3. The van der Waals surface area contributed by atoms with Crippen molar-refractivity contribution in [3.05, 3.63) is 53.1 Å². The van der Waals surface area contributed by atoms with Crippen LogP contribution in [0.1, 0.15) is 17.0 Å². The van der Waals surface area contributed by atoms with Gasteiger partial charge in [-0.2, -0.15) is 5.10 Å². The molecule has 1 atom stereocenters. The van der Waals surface area contributed by atoms with Gasteiger partial charge < -0.3 is 5.73 Å². The largest absolute Gasteiger partial charge is 0.327 e. The minimum absolute atomic E-state index is 0.100. The first-order valence-corrected chi connectivity index (χ1v) is 6.05. The molecule has 2 aromatic rings. The van der Waals surface area contributed by atoms with Crippen LogP contribution in [0.25, 0.3) is 0 Å². The first kappa shape index (κ1) is 12.8. The zero-order valence-electron chi connectivity index (χ0n) is 10.7. The lowest BCUT2D eigenvalue weighted by Crippen LogP contribution is -2.27. The second-order valence-corrected chi connectivity index (χ2v) is 4.66. The summed E-state index contributed by atoms with van der Waals surface area (Å²) in [6, 6.07) is 8.69. The monoisotopic (exact) mass is 247 g/mol. The summed E-state index contributed by atoms with van der Waals surface area (Å²) in [4.78, 5) is 0. The number of rotatable bonds is 4. The highest BCUT2D eigenvalue weighted by Crippen LogP contribution is 2.11. The minimum atomic E-state index is -0.186. The molecule has 18 heavy (non-hydrogen) atoms. The lowest BCUT2D eigenvalue weighted by atomic mass is 10.0. The van der Waals surface area contributed by atoms with Gasteiger partial charge >= 0.3 is 0 Å². The summed E-state index contributed by atoms with van der Waals surface area (Å²) in [5.41, 5.74) is 8.80. The molecule has 0 saturated heterocycles. The highest BCUT2D eigenvalue weighted by molar-refractivity contribution is 5.19. The molecular formula is C14H18FN3. The fourth-order valence-corrected chi connectivity index (χ4v) is 2.14. The van der Waals surface area contributed by atoms with Gasteiger partial charge in [-0.3, -0.25) is 4.68 Å². The maximum atomic E-state index is 13.5. The average molecular weight is 247 g/mol. The SMILES string of the molecule is Cc1cc(CC(N)Cc2ccccc2F)n(C)n1. The summed E-state index contributed by atoms with van der Waals surface area (Å²) in [6.45, 7) is 1.95. The third kappa shape index (κ3) is 2.96. The van der Waals surface area contributed by atoms with E-state index in [1.165, 1.54) is 6.07 Å². The van der Waals surface area contributed by atoms with E-state index in [-0.39, 0.29) is 11.9 Å². The van der Waals surface area contributed by atoms with E-state index in [4.69, 9.17) is 5.73 Å². The lowest BCUT2D eigenvalue weighted by molar-refractivity contribution is 0.571. The van der Waals surface area contributed by atoms with Crippen LogP contribution in [0.4, 0.5) is 4.39 Å².